The summed E-state index contributed by atoms with van der Waals surface area (Å²) in [4.78, 5) is 0. The van der Waals surface area contributed by atoms with Crippen LogP contribution in [0.4, 0.5) is 0 Å². The van der Waals surface area contributed by atoms with Gasteiger partial charge in [0.15, 0.2) is 0 Å². The molecule has 0 aliphatic carbocycles. The van der Waals surface area contributed by atoms with E-state index in [1.54, 1.807) is 0 Å². The minimum absolute atomic E-state index is 1.11. The minimum Gasteiger partial charge on any atom is -0.388 e. The summed E-state index contributed by atoms with van der Waals surface area (Å²) in [7, 11) is 0. The van der Waals surface area contributed by atoms with E-state index in [1.165, 1.54) is 25.0 Å². The Labute approximate surface area is 71.9 Å². The first kappa shape index (κ1) is 7.40. The van der Waals surface area contributed by atoms with Crippen LogP contribution in [0, 0.1) is 0 Å². The van der Waals surface area contributed by atoms with E-state index in [0.717, 1.165) is 12.1 Å². The molecule has 3 heteroatoms. The summed E-state index contributed by atoms with van der Waals surface area (Å²) < 4.78 is 0. The van der Waals surface area contributed by atoms with Gasteiger partial charge in [0.1, 0.15) is 0 Å². The van der Waals surface area contributed by atoms with Crippen molar-refractivity contribution in [2.45, 2.75) is 19.3 Å². The fraction of sp³-hybridized carbons (Fsp3) is 0.444. The number of piperidine rings is 1. The van der Waals surface area contributed by atoms with Crippen LogP contribution in [-0.2, 0) is 0 Å². The SMILES string of the molecule is C(=C1CCCCN1)c1cn[nH]c1. The van der Waals surface area contributed by atoms with E-state index in [1.807, 2.05) is 12.4 Å². The number of H-pyrrole nitrogens is 1. The van der Waals surface area contributed by atoms with Crippen LogP contribution >= 0.6 is 0 Å². The van der Waals surface area contributed by atoms with Crippen molar-refractivity contribution in [1.82, 2.24) is 15.5 Å². The Morgan fingerprint density at radius 1 is 1.42 bits per heavy atom. The van der Waals surface area contributed by atoms with Gasteiger partial charge in [-0.1, -0.05) is 0 Å². The Morgan fingerprint density at radius 3 is 3.08 bits per heavy atom. The average Bonchev–Trinajstić information content (AvgIpc) is 2.59. The van der Waals surface area contributed by atoms with Gasteiger partial charge < -0.3 is 5.32 Å². The van der Waals surface area contributed by atoms with Crippen LogP contribution in [0.2, 0.25) is 0 Å². The number of nitrogens with one attached hydrogen (secondary N) is 2. The number of allylic oxidation sites excluding steroid dienone is 1. The lowest BCUT2D eigenvalue weighted by Gasteiger charge is -2.15. The van der Waals surface area contributed by atoms with Gasteiger partial charge in [-0.2, -0.15) is 5.10 Å². The average molecular weight is 163 g/mol. The van der Waals surface area contributed by atoms with Gasteiger partial charge in [0.05, 0.1) is 6.20 Å². The van der Waals surface area contributed by atoms with E-state index in [0.29, 0.717) is 0 Å². The van der Waals surface area contributed by atoms with Gasteiger partial charge in [-0.25, -0.2) is 0 Å². The second kappa shape index (κ2) is 3.43. The number of aromatic nitrogens is 2. The maximum absolute atomic E-state index is 3.89. The third-order valence-corrected chi connectivity index (χ3v) is 2.09. The summed E-state index contributed by atoms with van der Waals surface area (Å²) in [5.74, 6) is 0. The van der Waals surface area contributed by atoms with Crippen LogP contribution in [0.1, 0.15) is 24.8 Å². The van der Waals surface area contributed by atoms with E-state index >= 15 is 0 Å². The zero-order valence-corrected chi connectivity index (χ0v) is 7.01. The van der Waals surface area contributed by atoms with Gasteiger partial charge in [-0.15, -0.1) is 0 Å². The molecule has 12 heavy (non-hydrogen) atoms. The number of hydrogen-bond donors (Lipinski definition) is 2. The molecule has 2 heterocycles. The summed E-state index contributed by atoms with van der Waals surface area (Å²) in [5, 5.41) is 10.1. The molecule has 2 rings (SSSR count). The summed E-state index contributed by atoms with van der Waals surface area (Å²) >= 11 is 0. The second-order valence-corrected chi connectivity index (χ2v) is 3.09. The lowest BCUT2D eigenvalue weighted by atomic mass is 10.1. The maximum Gasteiger partial charge on any atom is 0.0560 e. The Bertz CT molecular complexity index is 253. The van der Waals surface area contributed by atoms with Gasteiger partial charge in [-0.05, 0) is 25.3 Å². The number of hydrogen-bond acceptors (Lipinski definition) is 2. The lowest BCUT2D eigenvalue weighted by Crippen LogP contribution is -2.19. The quantitative estimate of drug-likeness (QED) is 0.659. The zero-order chi connectivity index (χ0) is 8.23. The molecule has 1 aliphatic heterocycles. The van der Waals surface area contributed by atoms with E-state index in [-0.39, 0.29) is 0 Å². The largest absolute Gasteiger partial charge is 0.388 e. The van der Waals surface area contributed by atoms with Crippen LogP contribution in [0.3, 0.4) is 0 Å². The minimum atomic E-state index is 1.11. The van der Waals surface area contributed by atoms with Gasteiger partial charge in [-0.3, -0.25) is 5.10 Å². The second-order valence-electron chi connectivity index (χ2n) is 3.09. The van der Waals surface area contributed by atoms with Crippen LogP contribution in [0.15, 0.2) is 18.1 Å². The fourth-order valence-electron chi connectivity index (χ4n) is 1.44. The standard InChI is InChI=1S/C9H13N3/c1-2-4-10-9(3-1)5-8-6-11-12-7-8/h5-7,10H,1-4H2,(H,11,12). The van der Waals surface area contributed by atoms with E-state index in [4.69, 9.17) is 0 Å². The first-order chi connectivity index (χ1) is 5.95. The van der Waals surface area contributed by atoms with Gasteiger partial charge >= 0.3 is 0 Å². The van der Waals surface area contributed by atoms with Crippen molar-refractivity contribution in [3.63, 3.8) is 0 Å². The van der Waals surface area contributed by atoms with E-state index in [9.17, 15) is 0 Å². The molecular weight excluding hydrogens is 150 g/mol. The summed E-state index contributed by atoms with van der Waals surface area (Å²) in [6.45, 7) is 1.11. The topological polar surface area (TPSA) is 40.7 Å². The molecule has 0 aromatic carbocycles. The Morgan fingerprint density at radius 2 is 2.42 bits per heavy atom. The summed E-state index contributed by atoms with van der Waals surface area (Å²) in [6.07, 6.45) is 9.67. The summed E-state index contributed by atoms with van der Waals surface area (Å²) in [5.41, 5.74) is 2.49. The molecule has 1 aromatic heterocycles. The molecule has 0 atom stereocenters. The third kappa shape index (κ3) is 1.67. The highest BCUT2D eigenvalue weighted by Gasteiger charge is 2.03. The number of nitrogens with zero attached hydrogens (tertiary/aromatic N) is 1. The van der Waals surface area contributed by atoms with Crippen molar-refractivity contribution < 1.29 is 0 Å². The summed E-state index contributed by atoms with van der Waals surface area (Å²) in [6, 6.07) is 0. The fourth-order valence-corrected chi connectivity index (χ4v) is 1.44. The Balaban J connectivity index is 2.07. The van der Waals surface area contributed by atoms with Crippen LogP contribution in [0.25, 0.3) is 6.08 Å². The molecule has 0 radical (unpaired) electrons. The molecule has 0 unspecified atom stereocenters. The molecule has 2 N–H and O–H groups in total. The molecule has 1 aromatic rings. The highest BCUT2D eigenvalue weighted by atomic mass is 15.1. The smallest absolute Gasteiger partial charge is 0.0560 e. The molecule has 1 fully saturated rings. The van der Waals surface area contributed by atoms with Crippen LogP contribution in [-0.4, -0.2) is 16.7 Å². The van der Waals surface area contributed by atoms with Gasteiger partial charge in [0, 0.05) is 24.0 Å². The predicted molar refractivity (Wildman–Crippen MR) is 48.4 cm³/mol. The lowest BCUT2D eigenvalue weighted by molar-refractivity contribution is 0.592. The molecule has 1 aliphatic rings. The van der Waals surface area contributed by atoms with Gasteiger partial charge in [0.25, 0.3) is 0 Å². The number of rotatable bonds is 1. The highest BCUT2D eigenvalue weighted by Crippen LogP contribution is 2.13. The van der Waals surface area contributed by atoms with Crippen molar-refractivity contribution in [1.29, 1.82) is 0 Å². The van der Waals surface area contributed by atoms with Crippen molar-refractivity contribution in [2.75, 3.05) is 6.54 Å². The van der Waals surface area contributed by atoms with Crippen molar-refractivity contribution in [3.8, 4) is 0 Å². The third-order valence-electron chi connectivity index (χ3n) is 2.09. The maximum atomic E-state index is 3.89. The monoisotopic (exact) mass is 163 g/mol. The Hall–Kier alpha value is -1.25. The van der Waals surface area contributed by atoms with Crippen LogP contribution < -0.4 is 5.32 Å². The molecule has 0 spiro atoms. The molecular formula is C9H13N3. The number of aromatic amines is 1. The molecule has 64 valence electrons. The van der Waals surface area contributed by atoms with Gasteiger partial charge in [0.2, 0.25) is 0 Å². The first-order valence-corrected chi connectivity index (χ1v) is 4.38. The van der Waals surface area contributed by atoms with Crippen molar-refractivity contribution in [3.05, 3.63) is 23.7 Å². The molecule has 3 nitrogen and oxygen atoms in total. The van der Waals surface area contributed by atoms with E-state index in [2.05, 4.69) is 21.6 Å². The molecule has 0 amide bonds. The van der Waals surface area contributed by atoms with E-state index < -0.39 is 0 Å². The molecule has 0 bridgehead atoms. The molecule has 1 saturated heterocycles. The normalized spacial score (nSPS) is 20.8. The van der Waals surface area contributed by atoms with Crippen LogP contribution in [0.5, 0.6) is 0 Å². The first-order valence-electron chi connectivity index (χ1n) is 4.38. The van der Waals surface area contributed by atoms with Crippen molar-refractivity contribution >= 4 is 6.08 Å². The zero-order valence-electron chi connectivity index (χ0n) is 7.01. The highest BCUT2D eigenvalue weighted by molar-refractivity contribution is 5.50. The van der Waals surface area contributed by atoms with Crippen molar-refractivity contribution in [2.24, 2.45) is 0 Å². The Kier molecular flexibility index (Phi) is 2.12. The molecule has 0 saturated carbocycles. The predicted octanol–water partition coefficient (Wildman–Crippen LogP) is 1.52.